The Morgan fingerprint density at radius 1 is 1.20 bits per heavy atom. The third-order valence-electron chi connectivity index (χ3n) is 4.67. The molecule has 1 fully saturated rings. The van der Waals surface area contributed by atoms with Crippen molar-refractivity contribution < 1.29 is 19.5 Å². The number of benzene rings is 1. The van der Waals surface area contributed by atoms with Crippen molar-refractivity contribution in [1.82, 2.24) is 0 Å². The fourth-order valence-electron chi connectivity index (χ4n) is 3.32. The number of halogens is 1. The van der Waals surface area contributed by atoms with Crippen LogP contribution in [0.1, 0.15) is 25.7 Å². The van der Waals surface area contributed by atoms with Gasteiger partial charge in [-0.15, -0.1) is 0 Å². The Balaban J connectivity index is 1.73. The van der Waals surface area contributed by atoms with Gasteiger partial charge >= 0.3 is 5.97 Å². The molecule has 25 heavy (non-hydrogen) atoms. The van der Waals surface area contributed by atoms with E-state index >= 15 is 0 Å². The SMILES string of the molecule is O=C(O)[C@@H]1CC=CC[C@H]1C(=O)Nc1ccc(N2CCCC2=O)c(Cl)c1. The third-order valence-corrected chi connectivity index (χ3v) is 4.97. The number of anilines is 2. The number of carboxylic acids is 1. The molecule has 1 aliphatic heterocycles. The average Bonchev–Trinajstić information content (AvgIpc) is 3.01. The standard InChI is InChI=1S/C18H19ClN2O4/c19-14-10-11(7-8-15(14)21-9-3-6-16(21)22)20-17(23)12-4-1-2-5-13(12)18(24)25/h1-2,7-8,10,12-13H,3-6,9H2,(H,20,23)(H,24,25)/t12-,13-/m1/s1. The second-order valence-corrected chi connectivity index (χ2v) is 6.71. The number of rotatable bonds is 4. The van der Waals surface area contributed by atoms with E-state index in [-0.39, 0.29) is 11.8 Å². The van der Waals surface area contributed by atoms with E-state index in [1.165, 1.54) is 0 Å². The first-order chi connectivity index (χ1) is 12.0. The highest BCUT2D eigenvalue weighted by Gasteiger charge is 2.34. The molecule has 6 nitrogen and oxygen atoms in total. The second kappa shape index (κ2) is 7.27. The van der Waals surface area contributed by atoms with E-state index in [1.807, 2.05) is 6.08 Å². The Kier molecular flexibility index (Phi) is 5.08. The molecule has 0 radical (unpaired) electrons. The van der Waals surface area contributed by atoms with Gasteiger partial charge in [-0.2, -0.15) is 0 Å². The number of nitrogens with zero attached hydrogens (tertiary/aromatic N) is 1. The molecule has 2 amide bonds. The number of hydrogen-bond donors (Lipinski definition) is 2. The molecule has 7 heteroatoms. The van der Waals surface area contributed by atoms with Crippen LogP contribution in [0.3, 0.4) is 0 Å². The Labute approximate surface area is 150 Å². The molecule has 0 unspecified atom stereocenters. The lowest BCUT2D eigenvalue weighted by Gasteiger charge is -2.24. The number of carbonyl (C=O) groups excluding carboxylic acids is 2. The minimum absolute atomic E-state index is 0.0389. The Bertz CT molecular complexity index is 747. The number of carbonyl (C=O) groups is 3. The fourth-order valence-corrected chi connectivity index (χ4v) is 3.60. The van der Waals surface area contributed by atoms with Crippen LogP contribution in [-0.2, 0) is 14.4 Å². The summed E-state index contributed by atoms with van der Waals surface area (Å²) in [5.74, 6) is -2.59. The number of nitrogens with one attached hydrogen (secondary N) is 1. The van der Waals surface area contributed by atoms with Gasteiger partial charge in [0.2, 0.25) is 11.8 Å². The number of carboxylic acid groups (broad SMARTS) is 1. The molecule has 1 aromatic rings. The van der Waals surface area contributed by atoms with Crippen LogP contribution in [0.4, 0.5) is 11.4 Å². The molecular weight excluding hydrogens is 344 g/mol. The first-order valence-electron chi connectivity index (χ1n) is 8.26. The second-order valence-electron chi connectivity index (χ2n) is 6.30. The summed E-state index contributed by atoms with van der Waals surface area (Å²) < 4.78 is 0. The molecule has 0 aromatic heterocycles. The van der Waals surface area contributed by atoms with Crippen molar-refractivity contribution in [3.63, 3.8) is 0 Å². The monoisotopic (exact) mass is 362 g/mol. The van der Waals surface area contributed by atoms with Gasteiger partial charge in [-0.3, -0.25) is 14.4 Å². The minimum Gasteiger partial charge on any atom is -0.481 e. The highest BCUT2D eigenvalue weighted by molar-refractivity contribution is 6.34. The van der Waals surface area contributed by atoms with Gasteiger partial charge in [0.25, 0.3) is 0 Å². The van der Waals surface area contributed by atoms with Crippen LogP contribution in [0.25, 0.3) is 0 Å². The van der Waals surface area contributed by atoms with Crippen LogP contribution in [0.5, 0.6) is 0 Å². The quantitative estimate of drug-likeness (QED) is 0.806. The first kappa shape index (κ1) is 17.5. The molecule has 0 spiro atoms. The van der Waals surface area contributed by atoms with E-state index < -0.39 is 17.8 Å². The number of amides is 2. The summed E-state index contributed by atoms with van der Waals surface area (Å²) in [7, 11) is 0. The van der Waals surface area contributed by atoms with E-state index in [0.717, 1.165) is 6.42 Å². The van der Waals surface area contributed by atoms with Crippen LogP contribution in [0, 0.1) is 11.8 Å². The summed E-state index contributed by atoms with van der Waals surface area (Å²) in [4.78, 5) is 37.3. The topological polar surface area (TPSA) is 86.7 Å². The normalized spacial score (nSPS) is 22.9. The van der Waals surface area contributed by atoms with Crippen molar-refractivity contribution in [3.8, 4) is 0 Å². The molecule has 132 valence electrons. The number of allylic oxidation sites excluding steroid dienone is 2. The van der Waals surface area contributed by atoms with Crippen LogP contribution < -0.4 is 10.2 Å². The van der Waals surface area contributed by atoms with Crippen molar-refractivity contribution in [1.29, 1.82) is 0 Å². The lowest BCUT2D eigenvalue weighted by molar-refractivity contribution is -0.146. The number of aliphatic carboxylic acids is 1. The van der Waals surface area contributed by atoms with E-state index in [1.54, 1.807) is 29.2 Å². The minimum atomic E-state index is -0.967. The summed E-state index contributed by atoms with van der Waals surface area (Å²) in [6.07, 6.45) is 5.70. The molecule has 1 aromatic carbocycles. The van der Waals surface area contributed by atoms with E-state index in [0.29, 0.717) is 42.2 Å². The largest absolute Gasteiger partial charge is 0.481 e. The van der Waals surface area contributed by atoms with Gasteiger partial charge in [0.05, 0.1) is 22.5 Å². The van der Waals surface area contributed by atoms with E-state index in [4.69, 9.17) is 11.6 Å². The van der Waals surface area contributed by atoms with Crippen molar-refractivity contribution in [3.05, 3.63) is 35.4 Å². The maximum absolute atomic E-state index is 12.5. The molecule has 2 atom stereocenters. The van der Waals surface area contributed by atoms with Gasteiger partial charge in [0.15, 0.2) is 0 Å². The number of hydrogen-bond acceptors (Lipinski definition) is 3. The molecule has 2 N–H and O–H groups in total. The zero-order valence-corrected chi connectivity index (χ0v) is 14.3. The van der Waals surface area contributed by atoms with Gasteiger partial charge in [-0.05, 0) is 37.5 Å². The van der Waals surface area contributed by atoms with Crippen LogP contribution in [-0.4, -0.2) is 29.4 Å². The molecular formula is C18H19ClN2O4. The highest BCUT2D eigenvalue weighted by Crippen LogP contribution is 2.33. The summed E-state index contributed by atoms with van der Waals surface area (Å²) in [5.41, 5.74) is 1.12. The van der Waals surface area contributed by atoms with Gasteiger partial charge in [-0.1, -0.05) is 23.8 Å². The first-order valence-corrected chi connectivity index (χ1v) is 8.63. The molecule has 0 saturated carbocycles. The van der Waals surface area contributed by atoms with Crippen molar-refractivity contribution >= 4 is 40.8 Å². The van der Waals surface area contributed by atoms with Crippen molar-refractivity contribution in [2.75, 3.05) is 16.8 Å². The van der Waals surface area contributed by atoms with Gasteiger partial charge in [0, 0.05) is 18.7 Å². The Morgan fingerprint density at radius 3 is 2.52 bits per heavy atom. The Morgan fingerprint density at radius 2 is 1.92 bits per heavy atom. The smallest absolute Gasteiger partial charge is 0.307 e. The predicted octanol–water partition coefficient (Wildman–Crippen LogP) is 3.07. The Hall–Kier alpha value is -2.34. The maximum Gasteiger partial charge on any atom is 0.307 e. The van der Waals surface area contributed by atoms with Gasteiger partial charge < -0.3 is 15.3 Å². The van der Waals surface area contributed by atoms with E-state index in [9.17, 15) is 19.5 Å². The van der Waals surface area contributed by atoms with Gasteiger partial charge in [0.1, 0.15) is 0 Å². The lowest BCUT2D eigenvalue weighted by atomic mass is 9.82. The summed E-state index contributed by atoms with van der Waals surface area (Å²) in [5, 5.41) is 12.4. The molecule has 1 heterocycles. The highest BCUT2D eigenvalue weighted by atomic mass is 35.5. The zero-order valence-electron chi connectivity index (χ0n) is 13.6. The molecule has 1 aliphatic carbocycles. The van der Waals surface area contributed by atoms with Crippen molar-refractivity contribution in [2.45, 2.75) is 25.7 Å². The lowest BCUT2D eigenvalue weighted by Crippen LogP contribution is -2.34. The summed E-state index contributed by atoms with van der Waals surface area (Å²) >= 11 is 6.27. The molecule has 0 bridgehead atoms. The summed E-state index contributed by atoms with van der Waals surface area (Å²) in [6, 6.07) is 4.98. The van der Waals surface area contributed by atoms with Gasteiger partial charge in [-0.25, -0.2) is 0 Å². The van der Waals surface area contributed by atoms with E-state index in [2.05, 4.69) is 5.32 Å². The third kappa shape index (κ3) is 3.69. The molecule has 3 rings (SSSR count). The van der Waals surface area contributed by atoms with Crippen LogP contribution in [0.2, 0.25) is 5.02 Å². The van der Waals surface area contributed by atoms with Crippen LogP contribution in [0.15, 0.2) is 30.4 Å². The fraction of sp³-hybridized carbons (Fsp3) is 0.389. The predicted molar refractivity (Wildman–Crippen MR) is 94.7 cm³/mol. The van der Waals surface area contributed by atoms with Crippen molar-refractivity contribution in [2.24, 2.45) is 11.8 Å². The summed E-state index contributed by atoms with van der Waals surface area (Å²) in [6.45, 7) is 0.638. The van der Waals surface area contributed by atoms with Crippen LogP contribution >= 0.6 is 11.6 Å². The molecule has 1 saturated heterocycles. The zero-order chi connectivity index (χ0) is 18.0. The average molecular weight is 363 g/mol. The maximum atomic E-state index is 12.5. The molecule has 2 aliphatic rings.